The van der Waals surface area contributed by atoms with Crippen LogP contribution < -0.4 is 4.74 Å². The second-order valence-electron chi connectivity index (χ2n) is 6.56. The molecule has 0 N–H and O–H groups in total. The molecule has 0 saturated heterocycles. The van der Waals surface area contributed by atoms with E-state index in [4.69, 9.17) is 13.6 Å². The fourth-order valence-corrected chi connectivity index (χ4v) is 3.66. The molecule has 0 spiro atoms. The summed E-state index contributed by atoms with van der Waals surface area (Å²) in [5.41, 5.74) is 2.35. The highest BCUT2D eigenvalue weighted by Gasteiger charge is 2.17. The van der Waals surface area contributed by atoms with Crippen LogP contribution in [0.15, 0.2) is 80.9 Å². The molecule has 5 rings (SSSR count). The number of benzene rings is 2. The Morgan fingerprint density at radius 1 is 0.833 bits per heavy atom. The Morgan fingerprint density at radius 3 is 2.47 bits per heavy atom. The van der Waals surface area contributed by atoms with E-state index in [1.165, 1.54) is 0 Å². The lowest BCUT2D eigenvalue weighted by atomic mass is 10.2. The van der Waals surface area contributed by atoms with Gasteiger partial charge in [-0.1, -0.05) is 36.4 Å². The number of hydrogen-bond acceptors (Lipinski definition) is 7. The summed E-state index contributed by atoms with van der Waals surface area (Å²) in [6.07, 6.45) is 0. The summed E-state index contributed by atoms with van der Waals surface area (Å²) in [6.45, 7) is 2.16. The molecule has 0 radical (unpaired) electrons. The predicted molar refractivity (Wildman–Crippen MR) is 114 cm³/mol. The highest BCUT2D eigenvalue weighted by atomic mass is 32.1. The Balaban J connectivity index is 1.38. The second-order valence-corrected chi connectivity index (χ2v) is 7.51. The van der Waals surface area contributed by atoms with Gasteiger partial charge in [-0.25, -0.2) is 4.98 Å². The van der Waals surface area contributed by atoms with Crippen molar-refractivity contribution < 1.29 is 13.6 Å². The summed E-state index contributed by atoms with van der Waals surface area (Å²) in [5.74, 6) is 2.86. The summed E-state index contributed by atoms with van der Waals surface area (Å²) < 4.78 is 17.7. The molecule has 0 atom stereocenters. The summed E-state index contributed by atoms with van der Waals surface area (Å²) in [4.78, 5) is 5.57. The smallest absolute Gasteiger partial charge is 0.251 e. The van der Waals surface area contributed by atoms with Crippen molar-refractivity contribution in [2.45, 2.75) is 13.5 Å². The molecule has 148 valence electrons. The molecule has 0 bridgehead atoms. The van der Waals surface area contributed by atoms with E-state index in [1.54, 1.807) is 11.3 Å². The third kappa shape index (κ3) is 3.62. The van der Waals surface area contributed by atoms with E-state index in [9.17, 15) is 0 Å². The van der Waals surface area contributed by atoms with Crippen LogP contribution in [0.2, 0.25) is 0 Å². The van der Waals surface area contributed by atoms with Crippen LogP contribution in [0.5, 0.6) is 5.75 Å². The molecule has 0 aliphatic heterocycles. The van der Waals surface area contributed by atoms with Crippen LogP contribution in [0.4, 0.5) is 0 Å². The van der Waals surface area contributed by atoms with Crippen molar-refractivity contribution >= 4 is 11.3 Å². The molecule has 5 aromatic rings. The molecule has 3 aromatic heterocycles. The Labute approximate surface area is 176 Å². The van der Waals surface area contributed by atoms with Crippen LogP contribution in [0.1, 0.15) is 11.5 Å². The normalized spacial score (nSPS) is 11.0. The molecule has 0 unspecified atom stereocenters. The highest BCUT2D eigenvalue weighted by Crippen LogP contribution is 2.32. The maximum atomic E-state index is 6.06. The molecule has 7 heteroatoms. The Bertz CT molecular complexity index is 1260. The van der Waals surface area contributed by atoms with Gasteiger partial charge in [-0.05, 0) is 42.6 Å². The van der Waals surface area contributed by atoms with Gasteiger partial charge in [-0.3, -0.25) is 0 Å². The Hall–Kier alpha value is -3.71. The van der Waals surface area contributed by atoms with Crippen LogP contribution >= 0.6 is 11.3 Å². The molecule has 0 amide bonds. The lowest BCUT2D eigenvalue weighted by Gasteiger charge is -2.08. The van der Waals surface area contributed by atoms with Crippen molar-refractivity contribution in [3.05, 3.63) is 83.6 Å². The molecule has 0 fully saturated rings. The van der Waals surface area contributed by atoms with Crippen molar-refractivity contribution in [2.24, 2.45) is 0 Å². The van der Waals surface area contributed by atoms with Gasteiger partial charge < -0.3 is 13.6 Å². The van der Waals surface area contributed by atoms with Gasteiger partial charge >= 0.3 is 0 Å². The van der Waals surface area contributed by atoms with Crippen LogP contribution in [-0.2, 0) is 6.61 Å². The first-order valence-corrected chi connectivity index (χ1v) is 10.3. The van der Waals surface area contributed by atoms with Crippen molar-refractivity contribution in [1.82, 2.24) is 15.2 Å². The molecular weight excluding hydrogens is 398 g/mol. The zero-order chi connectivity index (χ0) is 20.3. The predicted octanol–water partition coefficient (Wildman–Crippen LogP) is 6.01. The zero-order valence-electron chi connectivity index (χ0n) is 16.1. The fourth-order valence-electron chi connectivity index (χ4n) is 3.01. The average molecular weight is 415 g/mol. The van der Waals surface area contributed by atoms with Crippen molar-refractivity contribution in [3.63, 3.8) is 0 Å². The fraction of sp³-hybridized carbons (Fsp3) is 0.0870. The van der Waals surface area contributed by atoms with E-state index >= 15 is 0 Å². The maximum Gasteiger partial charge on any atom is 0.251 e. The number of aromatic nitrogens is 3. The second kappa shape index (κ2) is 7.96. The van der Waals surface area contributed by atoms with Crippen LogP contribution in [0.25, 0.3) is 33.7 Å². The maximum absolute atomic E-state index is 6.06. The van der Waals surface area contributed by atoms with Crippen molar-refractivity contribution in [2.75, 3.05) is 0 Å². The summed E-state index contributed by atoms with van der Waals surface area (Å²) in [7, 11) is 0. The van der Waals surface area contributed by atoms with Gasteiger partial charge in [0.25, 0.3) is 5.89 Å². The number of hydrogen-bond donors (Lipinski definition) is 0. The molecule has 6 nitrogen and oxygen atoms in total. The monoisotopic (exact) mass is 415 g/mol. The molecule has 0 aliphatic carbocycles. The minimum atomic E-state index is 0.275. The van der Waals surface area contributed by atoms with E-state index in [1.807, 2.05) is 79.0 Å². The van der Waals surface area contributed by atoms with Gasteiger partial charge in [-0.15, -0.1) is 21.5 Å². The number of oxazole rings is 1. The standard InChI is InChI=1S/C23H17N3O3S/c1-15-18(24-23(28-15)20-12-7-13-30-20)14-27-19-11-6-5-10-17(19)22-26-25-21(29-22)16-8-3-2-4-9-16/h2-13H,14H2,1H3. The van der Waals surface area contributed by atoms with Gasteiger partial charge in [0.1, 0.15) is 23.8 Å². The first kappa shape index (κ1) is 18.3. The number of aryl methyl sites for hydroxylation is 1. The van der Waals surface area contributed by atoms with E-state index in [2.05, 4.69) is 15.2 Å². The summed E-state index contributed by atoms with van der Waals surface area (Å²) in [6, 6.07) is 21.2. The average Bonchev–Trinajstić information content (AvgIpc) is 3.54. The number of thiophene rings is 1. The Kier molecular flexibility index (Phi) is 4.86. The van der Waals surface area contributed by atoms with Gasteiger partial charge in [-0.2, -0.15) is 0 Å². The molecule has 2 aromatic carbocycles. The third-order valence-electron chi connectivity index (χ3n) is 4.55. The van der Waals surface area contributed by atoms with Gasteiger partial charge in [0.15, 0.2) is 0 Å². The minimum absolute atomic E-state index is 0.275. The van der Waals surface area contributed by atoms with Crippen LogP contribution in [-0.4, -0.2) is 15.2 Å². The summed E-state index contributed by atoms with van der Waals surface area (Å²) >= 11 is 1.59. The first-order chi connectivity index (χ1) is 14.8. The lowest BCUT2D eigenvalue weighted by Crippen LogP contribution is -1.99. The molecule has 30 heavy (non-hydrogen) atoms. The van der Waals surface area contributed by atoms with E-state index in [0.717, 1.165) is 27.5 Å². The van der Waals surface area contributed by atoms with E-state index in [0.29, 0.717) is 23.4 Å². The minimum Gasteiger partial charge on any atom is -0.486 e. The number of rotatable bonds is 6. The first-order valence-electron chi connectivity index (χ1n) is 9.39. The quantitative estimate of drug-likeness (QED) is 0.338. The highest BCUT2D eigenvalue weighted by molar-refractivity contribution is 7.13. The largest absolute Gasteiger partial charge is 0.486 e. The van der Waals surface area contributed by atoms with Crippen LogP contribution in [0, 0.1) is 6.92 Å². The number of para-hydroxylation sites is 1. The van der Waals surface area contributed by atoms with E-state index < -0.39 is 0 Å². The van der Waals surface area contributed by atoms with E-state index in [-0.39, 0.29) is 6.61 Å². The molecule has 3 heterocycles. The lowest BCUT2D eigenvalue weighted by molar-refractivity contribution is 0.300. The number of ether oxygens (including phenoxy) is 1. The summed E-state index contributed by atoms with van der Waals surface area (Å²) in [5, 5.41) is 10.4. The molecular formula is C23H17N3O3S. The topological polar surface area (TPSA) is 74.2 Å². The van der Waals surface area contributed by atoms with Crippen molar-refractivity contribution in [1.29, 1.82) is 0 Å². The third-order valence-corrected chi connectivity index (χ3v) is 5.41. The van der Waals surface area contributed by atoms with Gasteiger partial charge in [0, 0.05) is 5.56 Å². The van der Waals surface area contributed by atoms with Crippen molar-refractivity contribution in [3.8, 4) is 39.4 Å². The molecule has 0 aliphatic rings. The SMILES string of the molecule is Cc1oc(-c2cccs2)nc1COc1ccccc1-c1nnc(-c2ccccc2)o1. The zero-order valence-corrected chi connectivity index (χ0v) is 16.9. The number of nitrogens with zero attached hydrogens (tertiary/aromatic N) is 3. The molecule has 0 saturated carbocycles. The van der Waals surface area contributed by atoms with Crippen LogP contribution in [0.3, 0.4) is 0 Å². The van der Waals surface area contributed by atoms with Gasteiger partial charge in [0.05, 0.1) is 10.4 Å². The van der Waals surface area contributed by atoms with Gasteiger partial charge in [0.2, 0.25) is 11.8 Å². The Morgan fingerprint density at radius 2 is 1.63 bits per heavy atom.